The summed E-state index contributed by atoms with van der Waals surface area (Å²) in [4.78, 5) is 5.31. The molecule has 0 saturated carbocycles. The molecule has 0 bridgehead atoms. The minimum atomic E-state index is -0.202. The van der Waals surface area contributed by atoms with Crippen molar-refractivity contribution in [1.29, 1.82) is 0 Å². The van der Waals surface area contributed by atoms with Gasteiger partial charge in [-0.25, -0.2) is 0 Å². The van der Waals surface area contributed by atoms with Gasteiger partial charge in [0.1, 0.15) is 0 Å². The number of aliphatic imine (C=N–C) groups is 1. The third-order valence-electron chi connectivity index (χ3n) is 7.81. The van der Waals surface area contributed by atoms with Crippen LogP contribution in [0.4, 0.5) is 11.4 Å². The third-order valence-corrected chi connectivity index (χ3v) is 7.81. The van der Waals surface area contributed by atoms with E-state index in [1.165, 1.54) is 27.6 Å². The molecule has 220 valence electrons. The zero-order chi connectivity index (χ0) is 28.4. The first-order valence-electron chi connectivity index (χ1n) is 14.6. The van der Waals surface area contributed by atoms with Gasteiger partial charge < -0.3 is 20.2 Å². The van der Waals surface area contributed by atoms with E-state index in [-0.39, 0.29) is 46.7 Å². The van der Waals surface area contributed by atoms with Gasteiger partial charge in [0.15, 0.2) is 0 Å². The first kappa shape index (κ1) is 36.2. The number of fused-ring (bicyclic) bond motifs is 2. The van der Waals surface area contributed by atoms with Crippen LogP contribution in [0, 0.1) is 20.9 Å². The maximum atomic E-state index is 5.60. The molecule has 0 amide bonds. The van der Waals surface area contributed by atoms with E-state index in [1.807, 2.05) is 0 Å². The molecule has 5 rings (SSSR count). The Bertz CT molecular complexity index is 1650. The van der Waals surface area contributed by atoms with Crippen molar-refractivity contribution in [3.8, 4) is 0 Å². The zero-order valence-corrected chi connectivity index (χ0v) is 31.0. The summed E-state index contributed by atoms with van der Waals surface area (Å²) < 4.78 is 0. The van der Waals surface area contributed by atoms with Crippen LogP contribution >= 0.6 is 0 Å². The molecule has 0 heterocycles. The molecule has 0 saturated heterocycles. The molecule has 3 heteroatoms. The molecule has 1 unspecified atom stereocenters. The minimum Gasteiger partial charge on any atom is -0.673 e. The number of nitrogens with zero attached hydrogens (tertiary/aromatic N) is 2. The molecular weight excluding hydrogens is 687 g/mol. The van der Waals surface area contributed by atoms with Crippen LogP contribution in [0.15, 0.2) is 96.0 Å². The van der Waals surface area contributed by atoms with E-state index in [0.717, 1.165) is 33.2 Å². The van der Waals surface area contributed by atoms with Crippen LogP contribution in [0.25, 0.3) is 26.9 Å². The minimum absolute atomic E-state index is 0. The summed E-state index contributed by atoms with van der Waals surface area (Å²) in [6.07, 6.45) is 0. The van der Waals surface area contributed by atoms with Crippen molar-refractivity contribution in [2.24, 2.45) is 4.99 Å². The number of benzene rings is 5. The van der Waals surface area contributed by atoms with Crippen molar-refractivity contribution in [3.05, 3.63) is 139 Å². The number of hydrogen-bond donors (Lipinski definition) is 0. The smallest absolute Gasteiger partial charge is 0.673 e. The van der Waals surface area contributed by atoms with Gasteiger partial charge in [-0.1, -0.05) is 159 Å². The normalized spacial score (nSPS) is 12.2. The van der Waals surface area contributed by atoms with E-state index in [2.05, 4.69) is 146 Å². The Hall–Kier alpha value is -3.04. The van der Waals surface area contributed by atoms with Crippen LogP contribution in [-0.2, 0) is 25.8 Å². The Morgan fingerprint density at radius 2 is 1.14 bits per heavy atom. The standard InChI is InChI=1S/C38H40N2.2CH3.Hf/c1-24(2)31-17-10-11-18-34(31)37(40-38-32(25(3)4)19-13-20-33(38)26(5)6)27(7)39-36-21-12-16-30-22-28-14-8-9-15-29(28)23-35(30)36;;;/h8-22,24-26,37H,1-7H3;2*1H3;/q-2;2*-1;+4. The van der Waals surface area contributed by atoms with Crippen molar-refractivity contribution in [1.82, 2.24) is 0 Å². The van der Waals surface area contributed by atoms with Gasteiger partial charge in [-0.15, -0.1) is 29.3 Å². The maximum absolute atomic E-state index is 5.60. The van der Waals surface area contributed by atoms with Gasteiger partial charge in [0.2, 0.25) is 0 Å². The van der Waals surface area contributed by atoms with E-state index in [4.69, 9.17) is 10.3 Å². The van der Waals surface area contributed by atoms with Crippen molar-refractivity contribution in [3.63, 3.8) is 0 Å². The van der Waals surface area contributed by atoms with E-state index in [9.17, 15) is 0 Å². The van der Waals surface area contributed by atoms with Crippen molar-refractivity contribution in [2.75, 3.05) is 0 Å². The van der Waals surface area contributed by atoms with Gasteiger partial charge in [0, 0.05) is 5.69 Å². The average Bonchev–Trinajstić information content (AvgIpc) is 2.94. The Morgan fingerprint density at radius 1 is 0.628 bits per heavy atom. The quantitative estimate of drug-likeness (QED) is 0.0657. The Kier molecular flexibility index (Phi) is 13.1. The third kappa shape index (κ3) is 7.73. The largest absolute Gasteiger partial charge is 4.00 e. The number of hydrogen-bond acceptors (Lipinski definition) is 1. The fourth-order valence-corrected chi connectivity index (χ4v) is 5.66. The molecule has 0 aliphatic rings. The van der Waals surface area contributed by atoms with Gasteiger partial charge in [0.25, 0.3) is 0 Å². The molecule has 0 aliphatic carbocycles. The summed E-state index contributed by atoms with van der Waals surface area (Å²) in [6.45, 7) is 15.7. The fourth-order valence-electron chi connectivity index (χ4n) is 5.66. The SMILES string of the molecule is CC(=Nc1cccc2cc3ccccc3[c-]c12)C([N-]c1c(C(C)C)cccc1C(C)C)c1ccccc1C(C)C.[CH3-].[CH3-].[Hf+4]. The second-order valence-electron chi connectivity index (χ2n) is 11.8. The predicted molar refractivity (Wildman–Crippen MR) is 187 cm³/mol. The van der Waals surface area contributed by atoms with Crippen LogP contribution in [-0.4, -0.2) is 5.71 Å². The average molecular weight is 733 g/mol. The number of rotatable bonds is 8. The molecule has 0 spiro atoms. The van der Waals surface area contributed by atoms with Crippen LogP contribution in [0.1, 0.15) is 94.5 Å². The van der Waals surface area contributed by atoms with Crippen LogP contribution in [0.3, 0.4) is 0 Å². The molecule has 1 atom stereocenters. The van der Waals surface area contributed by atoms with Gasteiger partial charge in [-0.3, -0.25) is 4.99 Å². The summed E-state index contributed by atoms with van der Waals surface area (Å²) in [6, 6.07) is 35.8. The second-order valence-corrected chi connectivity index (χ2v) is 11.8. The Morgan fingerprint density at radius 3 is 1.77 bits per heavy atom. The fraction of sp³-hybridized carbons (Fsp3) is 0.275. The summed E-state index contributed by atoms with van der Waals surface area (Å²) in [5.74, 6) is 1.12. The summed E-state index contributed by atoms with van der Waals surface area (Å²) in [5.41, 5.74) is 8.14. The van der Waals surface area contributed by atoms with Crippen molar-refractivity contribution >= 4 is 38.6 Å². The topological polar surface area (TPSA) is 26.5 Å². The van der Waals surface area contributed by atoms with Crippen LogP contribution in [0.2, 0.25) is 0 Å². The molecule has 5 aromatic carbocycles. The number of para-hydroxylation sites is 1. The van der Waals surface area contributed by atoms with Gasteiger partial charge in [-0.2, -0.15) is 0 Å². The molecule has 0 fully saturated rings. The molecule has 0 aliphatic heterocycles. The molecule has 2 nitrogen and oxygen atoms in total. The summed E-state index contributed by atoms with van der Waals surface area (Å²) >= 11 is 0. The van der Waals surface area contributed by atoms with Crippen molar-refractivity contribution in [2.45, 2.75) is 72.3 Å². The first-order chi connectivity index (χ1) is 19.2. The summed E-state index contributed by atoms with van der Waals surface area (Å²) in [7, 11) is 0. The maximum Gasteiger partial charge on any atom is 4.00 e. The zero-order valence-electron chi connectivity index (χ0n) is 27.4. The van der Waals surface area contributed by atoms with Crippen LogP contribution in [0.5, 0.6) is 0 Å². The van der Waals surface area contributed by atoms with E-state index in [1.54, 1.807) is 0 Å². The van der Waals surface area contributed by atoms with Crippen molar-refractivity contribution < 1.29 is 25.8 Å². The monoisotopic (exact) mass is 734 g/mol. The molecule has 0 N–H and O–H groups in total. The van der Waals surface area contributed by atoms with Gasteiger partial charge in [-0.05, 0) is 36.0 Å². The molecule has 0 radical (unpaired) electrons. The molecular formula is C40H46HfN2. The summed E-state index contributed by atoms with van der Waals surface area (Å²) in [5, 5.41) is 10.1. The van der Waals surface area contributed by atoms with E-state index >= 15 is 0 Å². The second kappa shape index (κ2) is 15.6. The van der Waals surface area contributed by atoms with E-state index < -0.39 is 0 Å². The van der Waals surface area contributed by atoms with Gasteiger partial charge in [0.05, 0.1) is 0 Å². The Labute approximate surface area is 279 Å². The van der Waals surface area contributed by atoms with E-state index in [0.29, 0.717) is 17.8 Å². The predicted octanol–water partition coefficient (Wildman–Crippen LogP) is 12.6. The molecule has 5 aromatic rings. The first-order valence-corrected chi connectivity index (χ1v) is 14.6. The molecule has 0 aromatic heterocycles. The van der Waals surface area contributed by atoms with Gasteiger partial charge >= 0.3 is 25.8 Å². The molecule has 43 heavy (non-hydrogen) atoms. The Balaban J connectivity index is 0.00000215. The van der Waals surface area contributed by atoms with Crippen LogP contribution < -0.4 is 0 Å².